The Kier molecular flexibility index (Phi) is 5.13. The maximum absolute atomic E-state index is 11.2. The molecule has 0 saturated heterocycles. The number of rotatable bonds is 5. The summed E-state index contributed by atoms with van der Waals surface area (Å²) in [5.74, 6) is 0.797. The molecule has 4 heteroatoms. The van der Waals surface area contributed by atoms with Crippen molar-refractivity contribution in [3.8, 4) is 5.75 Å². The number of aliphatic hydroxyl groups excluding tert-OH is 1. The van der Waals surface area contributed by atoms with Crippen LogP contribution >= 0.6 is 0 Å². The Morgan fingerprint density at radius 3 is 2.25 bits per heavy atom. The molecule has 0 aliphatic carbocycles. The van der Waals surface area contributed by atoms with Gasteiger partial charge in [0.05, 0.1) is 19.4 Å². The highest BCUT2D eigenvalue weighted by Crippen LogP contribution is 2.35. The molecule has 3 aromatic rings. The van der Waals surface area contributed by atoms with Gasteiger partial charge in [0.2, 0.25) is 0 Å². The van der Waals surface area contributed by atoms with Crippen molar-refractivity contribution in [3.63, 3.8) is 0 Å². The smallest absolute Gasteiger partial charge is 0.124 e. The van der Waals surface area contributed by atoms with Crippen molar-refractivity contribution in [2.75, 3.05) is 7.11 Å². The summed E-state index contributed by atoms with van der Waals surface area (Å²) in [6, 6.07) is 25.9. The van der Waals surface area contributed by atoms with Crippen LogP contribution in [0.4, 0.5) is 0 Å². The maximum atomic E-state index is 11.2. The van der Waals surface area contributed by atoms with Crippen LogP contribution in [0.5, 0.6) is 5.75 Å². The molecule has 0 saturated carbocycles. The van der Waals surface area contributed by atoms with Gasteiger partial charge in [-0.25, -0.2) is 0 Å². The molecule has 0 spiro atoms. The number of benzene rings is 3. The molecule has 1 aliphatic rings. The van der Waals surface area contributed by atoms with Gasteiger partial charge in [0.15, 0.2) is 0 Å². The molecular weight excluding hydrogens is 348 g/mol. The summed E-state index contributed by atoms with van der Waals surface area (Å²) in [5.41, 5.74) is 5.01. The summed E-state index contributed by atoms with van der Waals surface area (Å²) in [5, 5.41) is 18.0. The van der Waals surface area contributed by atoms with Crippen LogP contribution in [-0.4, -0.2) is 29.0 Å². The SMILES string of the molecule is COc1ccc([C@H]2[C@@H](O)C(c3ccc(C)cc3)=NN2Cc2ccccc2)cc1. The fraction of sp³-hybridized carbons (Fsp3) is 0.208. The summed E-state index contributed by atoms with van der Waals surface area (Å²) in [6.45, 7) is 2.68. The van der Waals surface area contributed by atoms with Gasteiger partial charge in [-0.15, -0.1) is 0 Å². The third kappa shape index (κ3) is 3.64. The lowest BCUT2D eigenvalue weighted by Crippen LogP contribution is -2.29. The second-order valence-electron chi connectivity index (χ2n) is 7.10. The third-order valence-electron chi connectivity index (χ3n) is 5.13. The molecule has 0 bridgehead atoms. The second-order valence-corrected chi connectivity index (χ2v) is 7.10. The lowest BCUT2D eigenvalue weighted by atomic mass is 9.95. The molecule has 1 aliphatic heterocycles. The number of hydrogen-bond acceptors (Lipinski definition) is 4. The van der Waals surface area contributed by atoms with E-state index in [4.69, 9.17) is 9.84 Å². The zero-order valence-corrected chi connectivity index (χ0v) is 16.1. The van der Waals surface area contributed by atoms with Gasteiger partial charge in [0, 0.05) is 5.56 Å². The van der Waals surface area contributed by atoms with Gasteiger partial charge in [0.25, 0.3) is 0 Å². The Morgan fingerprint density at radius 1 is 0.929 bits per heavy atom. The predicted octanol–water partition coefficient (Wildman–Crippen LogP) is 4.33. The second kappa shape index (κ2) is 7.87. The molecule has 0 unspecified atom stereocenters. The quantitative estimate of drug-likeness (QED) is 0.725. The minimum atomic E-state index is -0.709. The first kappa shape index (κ1) is 18.3. The van der Waals surface area contributed by atoms with E-state index < -0.39 is 6.10 Å². The van der Waals surface area contributed by atoms with E-state index in [1.54, 1.807) is 7.11 Å². The Balaban J connectivity index is 1.70. The minimum Gasteiger partial charge on any atom is -0.497 e. The third-order valence-corrected chi connectivity index (χ3v) is 5.13. The van der Waals surface area contributed by atoms with Gasteiger partial charge in [0.1, 0.15) is 17.9 Å². The van der Waals surface area contributed by atoms with Gasteiger partial charge in [-0.2, -0.15) is 5.10 Å². The van der Waals surface area contributed by atoms with E-state index in [1.165, 1.54) is 5.56 Å². The van der Waals surface area contributed by atoms with E-state index in [2.05, 4.69) is 19.1 Å². The molecular formula is C24H24N2O2. The van der Waals surface area contributed by atoms with Crippen LogP contribution in [0.2, 0.25) is 0 Å². The van der Waals surface area contributed by atoms with Crippen LogP contribution in [0.25, 0.3) is 0 Å². The molecule has 2 atom stereocenters. The molecule has 4 nitrogen and oxygen atoms in total. The average Bonchev–Trinajstić information content (AvgIpc) is 3.05. The average molecular weight is 372 g/mol. The van der Waals surface area contributed by atoms with E-state index in [0.29, 0.717) is 12.3 Å². The summed E-state index contributed by atoms with van der Waals surface area (Å²) < 4.78 is 5.28. The molecule has 0 amide bonds. The number of aryl methyl sites for hydroxylation is 1. The van der Waals surface area contributed by atoms with Crippen LogP contribution in [0.3, 0.4) is 0 Å². The zero-order chi connectivity index (χ0) is 19.5. The zero-order valence-electron chi connectivity index (χ0n) is 16.1. The molecule has 0 aromatic heterocycles. The molecule has 28 heavy (non-hydrogen) atoms. The standard InChI is InChI=1S/C24H24N2O2/c1-17-8-10-19(11-9-17)22-24(27)23(20-12-14-21(28-2)15-13-20)26(25-22)16-18-6-4-3-5-7-18/h3-15,23-24,27H,16H2,1-2H3/t23-,24-/m0/s1. The number of ether oxygens (including phenoxy) is 1. The number of hydrazone groups is 1. The Bertz CT molecular complexity index is 950. The van der Waals surface area contributed by atoms with E-state index in [-0.39, 0.29) is 6.04 Å². The summed E-state index contributed by atoms with van der Waals surface area (Å²) >= 11 is 0. The van der Waals surface area contributed by atoms with Gasteiger partial charge < -0.3 is 9.84 Å². The number of methoxy groups -OCH3 is 1. The van der Waals surface area contributed by atoms with Crippen molar-refractivity contribution in [2.45, 2.75) is 25.6 Å². The summed E-state index contributed by atoms with van der Waals surface area (Å²) in [7, 11) is 1.65. The normalized spacial score (nSPS) is 18.8. The lowest BCUT2D eigenvalue weighted by Gasteiger charge is -2.26. The van der Waals surface area contributed by atoms with Crippen molar-refractivity contribution in [1.29, 1.82) is 0 Å². The molecule has 1 N–H and O–H groups in total. The maximum Gasteiger partial charge on any atom is 0.124 e. The molecule has 142 valence electrons. The van der Waals surface area contributed by atoms with Crippen molar-refractivity contribution < 1.29 is 9.84 Å². The Morgan fingerprint density at radius 2 is 1.61 bits per heavy atom. The molecule has 1 heterocycles. The van der Waals surface area contributed by atoms with Crippen LogP contribution in [0.1, 0.15) is 28.3 Å². The Labute approximate surface area is 165 Å². The highest BCUT2D eigenvalue weighted by Gasteiger charge is 2.37. The van der Waals surface area contributed by atoms with Crippen molar-refractivity contribution in [3.05, 3.63) is 101 Å². The highest BCUT2D eigenvalue weighted by molar-refractivity contribution is 6.05. The fourth-order valence-corrected chi connectivity index (χ4v) is 3.58. The number of aliphatic hydroxyl groups is 1. The molecule has 0 radical (unpaired) electrons. The van der Waals surface area contributed by atoms with Crippen LogP contribution in [0.15, 0.2) is 84.0 Å². The number of nitrogens with zero attached hydrogens (tertiary/aromatic N) is 2. The van der Waals surface area contributed by atoms with Crippen LogP contribution in [-0.2, 0) is 6.54 Å². The monoisotopic (exact) mass is 372 g/mol. The van der Waals surface area contributed by atoms with Crippen LogP contribution in [0, 0.1) is 6.92 Å². The first-order valence-electron chi connectivity index (χ1n) is 9.44. The van der Waals surface area contributed by atoms with E-state index >= 15 is 0 Å². The molecule has 3 aromatic carbocycles. The molecule has 4 rings (SSSR count). The number of hydrogen-bond donors (Lipinski definition) is 1. The van der Waals surface area contributed by atoms with E-state index in [1.807, 2.05) is 71.7 Å². The van der Waals surface area contributed by atoms with Crippen molar-refractivity contribution >= 4 is 5.71 Å². The van der Waals surface area contributed by atoms with Gasteiger partial charge in [-0.3, -0.25) is 5.01 Å². The van der Waals surface area contributed by atoms with Gasteiger partial charge in [-0.1, -0.05) is 72.3 Å². The van der Waals surface area contributed by atoms with E-state index in [0.717, 1.165) is 22.4 Å². The lowest BCUT2D eigenvalue weighted by molar-refractivity contribution is 0.114. The first-order chi connectivity index (χ1) is 13.7. The molecule has 0 fully saturated rings. The Hall–Kier alpha value is -3.11. The summed E-state index contributed by atoms with van der Waals surface area (Å²) in [4.78, 5) is 0. The summed E-state index contributed by atoms with van der Waals surface area (Å²) in [6.07, 6.45) is -0.709. The van der Waals surface area contributed by atoms with Crippen molar-refractivity contribution in [1.82, 2.24) is 5.01 Å². The highest BCUT2D eigenvalue weighted by atomic mass is 16.5. The van der Waals surface area contributed by atoms with Gasteiger partial charge >= 0.3 is 0 Å². The van der Waals surface area contributed by atoms with Crippen LogP contribution < -0.4 is 4.74 Å². The van der Waals surface area contributed by atoms with E-state index in [9.17, 15) is 5.11 Å². The largest absolute Gasteiger partial charge is 0.497 e. The van der Waals surface area contributed by atoms with Crippen molar-refractivity contribution in [2.24, 2.45) is 5.10 Å². The first-order valence-corrected chi connectivity index (χ1v) is 9.44. The predicted molar refractivity (Wildman–Crippen MR) is 111 cm³/mol. The minimum absolute atomic E-state index is 0.248. The topological polar surface area (TPSA) is 45.1 Å². The fourth-order valence-electron chi connectivity index (χ4n) is 3.58. The van der Waals surface area contributed by atoms with Gasteiger partial charge in [-0.05, 0) is 30.2 Å².